The molecule has 2 aromatic carbocycles. The fourth-order valence-corrected chi connectivity index (χ4v) is 8.53. The summed E-state index contributed by atoms with van der Waals surface area (Å²) >= 11 is 25.5. The highest BCUT2D eigenvalue weighted by atomic mass is 35.5. The molecule has 2 aromatic rings. The van der Waals surface area contributed by atoms with Crippen molar-refractivity contribution >= 4 is 75.6 Å². The van der Waals surface area contributed by atoms with Crippen LogP contribution in [0.4, 0.5) is 11.4 Å². The van der Waals surface area contributed by atoms with Gasteiger partial charge in [-0.15, -0.1) is 0 Å². The molecule has 3 aliphatic heterocycles. The number of hydrogen-bond donors (Lipinski definition) is 2. The quantitative estimate of drug-likeness (QED) is 0.405. The van der Waals surface area contributed by atoms with E-state index in [-0.39, 0.29) is 16.8 Å². The van der Waals surface area contributed by atoms with Crippen LogP contribution in [-0.4, -0.2) is 46.9 Å². The number of amides is 2. The molecule has 1 spiro atoms. The number of aliphatic carboxylic acids is 1. The van der Waals surface area contributed by atoms with Gasteiger partial charge in [-0.05, 0) is 68.5 Å². The minimum atomic E-state index is -1.61. The first-order valence-corrected chi connectivity index (χ1v) is 14.7. The molecular weight excluding hydrogens is 584 g/mol. The third-order valence-electron chi connectivity index (χ3n) is 8.92. The Morgan fingerprint density at radius 2 is 1.64 bits per heavy atom. The summed E-state index contributed by atoms with van der Waals surface area (Å²) in [6.45, 7) is 0.902. The molecule has 6 rings (SSSR count). The van der Waals surface area contributed by atoms with Crippen molar-refractivity contribution < 1.29 is 19.5 Å². The van der Waals surface area contributed by atoms with Crippen molar-refractivity contribution in [1.29, 1.82) is 0 Å². The number of carbonyl (C=O) groups excluding carboxylic acids is 2. The molecule has 3 fully saturated rings. The Hall–Kier alpha value is -2.03. The van der Waals surface area contributed by atoms with Gasteiger partial charge in [0.25, 0.3) is 5.91 Å². The van der Waals surface area contributed by atoms with Crippen LogP contribution in [0.5, 0.6) is 0 Å². The summed E-state index contributed by atoms with van der Waals surface area (Å²) in [5, 5.41) is 14.8. The number of carboxylic acid groups (broad SMARTS) is 1. The third-order valence-corrected chi connectivity index (χ3v) is 9.87. The van der Waals surface area contributed by atoms with E-state index in [0.717, 1.165) is 32.1 Å². The number of halogens is 4. The first-order chi connectivity index (χ1) is 18.6. The first kappa shape index (κ1) is 27.2. The van der Waals surface area contributed by atoms with Crippen LogP contribution in [0.1, 0.15) is 44.1 Å². The predicted octanol–water partition coefficient (Wildman–Crippen LogP) is 6.47. The molecule has 3 heterocycles. The zero-order chi connectivity index (χ0) is 27.6. The Labute approximate surface area is 246 Å². The number of hydrogen-bond acceptors (Lipinski definition) is 4. The molecule has 0 radical (unpaired) electrons. The van der Waals surface area contributed by atoms with Gasteiger partial charge in [-0.3, -0.25) is 19.3 Å². The smallest absolute Gasteiger partial charge is 0.310 e. The molecule has 4 aliphatic rings. The number of fused-ring (bicyclic) bond motifs is 4. The van der Waals surface area contributed by atoms with E-state index in [1.54, 1.807) is 29.2 Å². The fraction of sp³-hybridized carbons (Fsp3) is 0.464. The van der Waals surface area contributed by atoms with Crippen molar-refractivity contribution in [3.05, 3.63) is 56.0 Å². The average molecular weight is 611 g/mol. The van der Waals surface area contributed by atoms with Crippen molar-refractivity contribution in [3.8, 4) is 0 Å². The predicted molar refractivity (Wildman–Crippen MR) is 152 cm³/mol. The monoisotopic (exact) mass is 609 g/mol. The molecule has 1 unspecified atom stereocenters. The molecule has 0 aromatic heterocycles. The summed E-state index contributed by atoms with van der Waals surface area (Å²) in [6.07, 6.45) is 5.45. The van der Waals surface area contributed by atoms with Gasteiger partial charge in [-0.2, -0.15) is 0 Å². The Morgan fingerprint density at radius 1 is 0.974 bits per heavy atom. The minimum Gasteiger partial charge on any atom is -0.481 e. The molecule has 7 nitrogen and oxygen atoms in total. The fourth-order valence-electron chi connectivity index (χ4n) is 7.48. The maximum Gasteiger partial charge on any atom is 0.310 e. The van der Waals surface area contributed by atoms with E-state index >= 15 is 0 Å². The lowest BCUT2D eigenvalue weighted by Gasteiger charge is -2.35. The van der Waals surface area contributed by atoms with Gasteiger partial charge in [0.2, 0.25) is 5.91 Å². The molecule has 206 valence electrons. The van der Waals surface area contributed by atoms with Gasteiger partial charge in [0.15, 0.2) is 0 Å². The second-order valence-corrected chi connectivity index (χ2v) is 12.7. The Balaban J connectivity index is 1.50. The average Bonchev–Trinajstić information content (AvgIpc) is 3.63. The van der Waals surface area contributed by atoms with Gasteiger partial charge in [-0.1, -0.05) is 59.2 Å². The SMILES string of the molecule is O=C(O)[C@H]1[C@@H](C(=O)N(CC2CCCC2)c2cc(Cl)cc(Cl)c2)[C@H]2CCCN2C12C(=O)Nc1c(Cl)cc(Cl)cc12. The zero-order valence-electron chi connectivity index (χ0n) is 20.9. The summed E-state index contributed by atoms with van der Waals surface area (Å²) in [5.41, 5.74) is -0.322. The van der Waals surface area contributed by atoms with Gasteiger partial charge in [0.1, 0.15) is 11.5 Å². The second kappa shape index (κ2) is 10.1. The highest BCUT2D eigenvalue weighted by Crippen LogP contribution is 2.59. The summed E-state index contributed by atoms with van der Waals surface area (Å²) < 4.78 is 0. The molecule has 11 heteroatoms. The van der Waals surface area contributed by atoms with Crippen LogP contribution in [0, 0.1) is 17.8 Å². The molecule has 1 saturated carbocycles. The molecule has 39 heavy (non-hydrogen) atoms. The molecule has 2 amide bonds. The molecule has 2 N–H and O–H groups in total. The molecule has 4 atom stereocenters. The van der Waals surface area contributed by atoms with Crippen molar-refractivity contribution in [3.63, 3.8) is 0 Å². The molecule has 1 aliphatic carbocycles. The standard InChI is InChI=1S/C28H27Cl4N3O4/c29-15-8-16(30)10-18(9-15)34(13-14-4-1-2-5-14)25(36)22-21-6-3-7-35(21)28(23(22)26(37)38)19-11-17(31)12-20(32)24(19)33-27(28)39/h8-12,14,21-23H,1-7,13H2,(H,33,39)(H,37,38)/t21-,22+,23-,28?/m1/s1. The maximum atomic E-state index is 14.7. The van der Waals surface area contributed by atoms with Crippen molar-refractivity contribution in [2.75, 3.05) is 23.3 Å². The van der Waals surface area contributed by atoms with Crippen LogP contribution < -0.4 is 10.2 Å². The first-order valence-electron chi connectivity index (χ1n) is 13.2. The number of nitrogens with zero attached hydrogens (tertiary/aromatic N) is 2. The number of nitrogens with one attached hydrogen (secondary N) is 1. The lowest BCUT2D eigenvalue weighted by Crippen LogP contribution is -2.53. The highest BCUT2D eigenvalue weighted by Gasteiger charge is 2.71. The lowest BCUT2D eigenvalue weighted by molar-refractivity contribution is -0.152. The number of carbonyl (C=O) groups is 3. The van der Waals surface area contributed by atoms with Gasteiger partial charge in [0.05, 0.1) is 16.6 Å². The van der Waals surface area contributed by atoms with Gasteiger partial charge < -0.3 is 15.3 Å². The summed E-state index contributed by atoms with van der Waals surface area (Å²) in [6, 6.07) is 7.64. The molecule has 0 bridgehead atoms. The van der Waals surface area contributed by atoms with Gasteiger partial charge in [-0.25, -0.2) is 0 Å². The van der Waals surface area contributed by atoms with Crippen LogP contribution in [-0.2, 0) is 19.9 Å². The topological polar surface area (TPSA) is 90.0 Å². The zero-order valence-corrected chi connectivity index (χ0v) is 24.0. The summed E-state index contributed by atoms with van der Waals surface area (Å²) in [4.78, 5) is 45.3. The van der Waals surface area contributed by atoms with Crippen LogP contribution in [0.3, 0.4) is 0 Å². The van der Waals surface area contributed by atoms with Gasteiger partial charge >= 0.3 is 5.97 Å². The van der Waals surface area contributed by atoms with Crippen LogP contribution in [0.15, 0.2) is 30.3 Å². The van der Waals surface area contributed by atoms with Gasteiger partial charge in [0, 0.05) is 38.9 Å². The van der Waals surface area contributed by atoms with E-state index in [4.69, 9.17) is 46.4 Å². The Bertz CT molecular complexity index is 1360. The second-order valence-electron chi connectivity index (χ2n) is 11.0. The van der Waals surface area contributed by atoms with E-state index in [2.05, 4.69) is 5.32 Å². The molecule has 2 saturated heterocycles. The van der Waals surface area contributed by atoms with E-state index in [0.29, 0.717) is 51.5 Å². The van der Waals surface area contributed by atoms with Crippen molar-refractivity contribution in [2.24, 2.45) is 17.8 Å². The van der Waals surface area contributed by atoms with E-state index in [1.165, 1.54) is 6.07 Å². The van der Waals surface area contributed by atoms with E-state index in [1.807, 2.05) is 4.90 Å². The number of anilines is 2. The third kappa shape index (κ3) is 4.24. The van der Waals surface area contributed by atoms with Crippen molar-refractivity contribution in [1.82, 2.24) is 4.90 Å². The summed E-state index contributed by atoms with van der Waals surface area (Å²) in [7, 11) is 0. The Kier molecular flexibility index (Phi) is 7.04. The van der Waals surface area contributed by atoms with Crippen molar-refractivity contribution in [2.45, 2.75) is 50.1 Å². The summed E-state index contributed by atoms with van der Waals surface area (Å²) in [5.74, 6) is -4.12. The number of benzene rings is 2. The lowest BCUT2D eigenvalue weighted by atomic mass is 9.73. The maximum absolute atomic E-state index is 14.7. The normalized spacial score (nSPS) is 28.1. The van der Waals surface area contributed by atoms with Crippen LogP contribution in [0.2, 0.25) is 20.1 Å². The van der Waals surface area contributed by atoms with E-state index in [9.17, 15) is 19.5 Å². The minimum absolute atomic E-state index is 0.230. The van der Waals surface area contributed by atoms with E-state index < -0.39 is 35.3 Å². The number of carboxylic acids is 1. The number of rotatable bonds is 5. The largest absolute Gasteiger partial charge is 0.481 e. The van der Waals surface area contributed by atoms with Crippen LogP contribution >= 0.6 is 46.4 Å². The molecular formula is C28H27Cl4N3O4. The van der Waals surface area contributed by atoms with Crippen LogP contribution in [0.25, 0.3) is 0 Å². The highest BCUT2D eigenvalue weighted by molar-refractivity contribution is 6.38. The Morgan fingerprint density at radius 3 is 2.31 bits per heavy atom.